The number of morpholine rings is 1. The maximum Gasteiger partial charge on any atom is 0.151 e. The lowest BCUT2D eigenvalue weighted by Crippen LogP contribution is -2.52. The number of fused-ring (bicyclic) bond motifs is 3. The van der Waals surface area contributed by atoms with Crippen molar-refractivity contribution < 1.29 is 4.74 Å². The van der Waals surface area contributed by atoms with E-state index in [1.165, 1.54) is 11.5 Å². The number of anilines is 2. The summed E-state index contributed by atoms with van der Waals surface area (Å²) in [5.74, 6) is 1.21. The highest BCUT2D eigenvalue weighted by molar-refractivity contribution is 5.72. The number of hydrogen-bond donors (Lipinski definition) is 1. The zero-order valence-corrected chi connectivity index (χ0v) is 9.16. The maximum absolute atomic E-state index is 5.49. The van der Waals surface area contributed by atoms with Crippen LogP contribution in [-0.2, 0) is 11.8 Å². The highest BCUT2D eigenvalue weighted by Gasteiger charge is 2.32. The van der Waals surface area contributed by atoms with Gasteiger partial charge in [-0.2, -0.15) is 5.10 Å². The lowest BCUT2D eigenvalue weighted by molar-refractivity contribution is 0.0956. The summed E-state index contributed by atoms with van der Waals surface area (Å²) in [5.41, 5.74) is 2.27. The monoisotopic (exact) mass is 208 g/mol. The van der Waals surface area contributed by atoms with Crippen LogP contribution in [-0.4, -0.2) is 42.1 Å². The number of nitrogens with one attached hydrogen (secondary N) is 1. The predicted octanol–water partition coefficient (Wildman–Crippen LogP) is 0.359. The van der Waals surface area contributed by atoms with Gasteiger partial charge in [-0.1, -0.05) is 0 Å². The van der Waals surface area contributed by atoms with E-state index in [-0.39, 0.29) is 0 Å². The predicted molar refractivity (Wildman–Crippen MR) is 58.4 cm³/mol. The number of ether oxygens (including phenoxy) is 1. The van der Waals surface area contributed by atoms with Crippen LogP contribution in [0.15, 0.2) is 0 Å². The Morgan fingerprint density at radius 3 is 3.27 bits per heavy atom. The number of aromatic nitrogens is 2. The van der Waals surface area contributed by atoms with E-state index in [0.717, 1.165) is 32.0 Å². The van der Waals surface area contributed by atoms with Crippen LogP contribution in [0.4, 0.5) is 11.5 Å². The van der Waals surface area contributed by atoms with E-state index in [1.54, 1.807) is 0 Å². The van der Waals surface area contributed by atoms with Crippen LogP contribution in [0.3, 0.4) is 0 Å². The van der Waals surface area contributed by atoms with E-state index in [4.69, 9.17) is 4.74 Å². The first kappa shape index (κ1) is 9.03. The van der Waals surface area contributed by atoms with Crippen molar-refractivity contribution in [2.24, 2.45) is 7.05 Å². The molecule has 3 heterocycles. The Morgan fingerprint density at radius 1 is 1.53 bits per heavy atom. The molecule has 0 saturated carbocycles. The van der Waals surface area contributed by atoms with Gasteiger partial charge in [-0.15, -0.1) is 0 Å². The molecule has 0 amide bonds. The minimum atomic E-state index is 0.459. The summed E-state index contributed by atoms with van der Waals surface area (Å²) in [6.07, 6.45) is 0. The second-order valence-electron chi connectivity index (χ2n) is 4.21. The first-order valence-corrected chi connectivity index (χ1v) is 5.39. The molecule has 1 aromatic rings. The van der Waals surface area contributed by atoms with E-state index in [1.807, 2.05) is 18.7 Å². The Kier molecular flexibility index (Phi) is 1.88. The molecule has 0 bridgehead atoms. The van der Waals surface area contributed by atoms with Crippen molar-refractivity contribution in [1.29, 1.82) is 0 Å². The standard InChI is InChI=1S/C10H16N4O/c1-7-9-10(13(2)12-7)14-3-4-15-6-8(14)5-11-9/h8,11H,3-6H2,1-2H3. The normalized spacial score (nSPS) is 24.4. The Bertz CT molecular complexity index is 387. The summed E-state index contributed by atoms with van der Waals surface area (Å²) < 4.78 is 7.46. The fourth-order valence-corrected chi connectivity index (χ4v) is 2.51. The Balaban J connectivity index is 2.05. The van der Waals surface area contributed by atoms with Crippen LogP contribution >= 0.6 is 0 Å². The average molecular weight is 208 g/mol. The number of hydrogen-bond acceptors (Lipinski definition) is 4. The van der Waals surface area contributed by atoms with Crippen molar-refractivity contribution >= 4 is 11.5 Å². The third-order valence-corrected chi connectivity index (χ3v) is 3.21. The van der Waals surface area contributed by atoms with Crippen LogP contribution < -0.4 is 10.2 Å². The summed E-state index contributed by atoms with van der Waals surface area (Å²) in [5, 5.41) is 7.90. The zero-order valence-electron chi connectivity index (χ0n) is 9.16. The van der Waals surface area contributed by atoms with E-state index in [0.29, 0.717) is 6.04 Å². The lowest BCUT2D eigenvalue weighted by atomic mass is 10.1. The molecule has 1 fully saturated rings. The summed E-state index contributed by atoms with van der Waals surface area (Å²) in [6, 6.07) is 0.459. The maximum atomic E-state index is 5.49. The van der Waals surface area contributed by atoms with Gasteiger partial charge >= 0.3 is 0 Å². The fraction of sp³-hybridized carbons (Fsp3) is 0.700. The molecule has 15 heavy (non-hydrogen) atoms. The highest BCUT2D eigenvalue weighted by Crippen LogP contribution is 2.34. The zero-order chi connectivity index (χ0) is 10.4. The summed E-state index contributed by atoms with van der Waals surface area (Å²) in [6.45, 7) is 5.61. The van der Waals surface area contributed by atoms with E-state index in [9.17, 15) is 0 Å². The number of rotatable bonds is 0. The van der Waals surface area contributed by atoms with Gasteiger partial charge in [0.15, 0.2) is 5.82 Å². The molecule has 1 aromatic heterocycles. The van der Waals surface area contributed by atoms with Crippen molar-refractivity contribution in [3.63, 3.8) is 0 Å². The minimum Gasteiger partial charge on any atom is -0.378 e. The average Bonchev–Trinajstić information content (AvgIpc) is 2.55. The molecule has 1 N–H and O–H groups in total. The third-order valence-electron chi connectivity index (χ3n) is 3.21. The fourth-order valence-electron chi connectivity index (χ4n) is 2.51. The van der Waals surface area contributed by atoms with Crippen molar-refractivity contribution in [1.82, 2.24) is 9.78 Å². The Labute approximate surface area is 89.0 Å². The molecule has 5 nitrogen and oxygen atoms in total. The van der Waals surface area contributed by atoms with Gasteiger partial charge < -0.3 is 15.0 Å². The second kappa shape index (κ2) is 3.13. The summed E-state index contributed by atoms with van der Waals surface area (Å²) >= 11 is 0. The molecule has 5 heteroatoms. The van der Waals surface area contributed by atoms with Crippen LogP contribution in [0.25, 0.3) is 0 Å². The van der Waals surface area contributed by atoms with Gasteiger partial charge in [-0.25, -0.2) is 0 Å². The molecule has 2 aliphatic rings. The van der Waals surface area contributed by atoms with E-state index >= 15 is 0 Å². The Morgan fingerprint density at radius 2 is 2.40 bits per heavy atom. The molecule has 2 aliphatic heterocycles. The first-order chi connectivity index (χ1) is 7.27. The van der Waals surface area contributed by atoms with Gasteiger partial charge in [0, 0.05) is 20.1 Å². The number of aryl methyl sites for hydroxylation is 2. The highest BCUT2D eigenvalue weighted by atomic mass is 16.5. The molecular weight excluding hydrogens is 192 g/mol. The third kappa shape index (κ3) is 1.23. The molecule has 1 unspecified atom stereocenters. The summed E-state index contributed by atoms with van der Waals surface area (Å²) in [7, 11) is 2.01. The molecule has 0 spiro atoms. The SMILES string of the molecule is Cc1nn(C)c2c1NCC1COCCN21. The molecule has 82 valence electrons. The topological polar surface area (TPSA) is 42.3 Å². The van der Waals surface area contributed by atoms with Crippen LogP contribution in [0.5, 0.6) is 0 Å². The van der Waals surface area contributed by atoms with E-state index in [2.05, 4.69) is 15.3 Å². The van der Waals surface area contributed by atoms with Crippen molar-refractivity contribution in [2.75, 3.05) is 36.5 Å². The smallest absolute Gasteiger partial charge is 0.151 e. The van der Waals surface area contributed by atoms with Crippen LogP contribution in [0, 0.1) is 6.92 Å². The molecule has 0 aliphatic carbocycles. The van der Waals surface area contributed by atoms with Gasteiger partial charge in [0.25, 0.3) is 0 Å². The van der Waals surface area contributed by atoms with Crippen LogP contribution in [0.1, 0.15) is 5.69 Å². The van der Waals surface area contributed by atoms with Gasteiger partial charge in [-0.3, -0.25) is 4.68 Å². The first-order valence-electron chi connectivity index (χ1n) is 5.39. The van der Waals surface area contributed by atoms with Crippen molar-refractivity contribution in [3.05, 3.63) is 5.69 Å². The van der Waals surface area contributed by atoms with E-state index < -0.39 is 0 Å². The largest absolute Gasteiger partial charge is 0.378 e. The molecule has 0 aromatic carbocycles. The minimum absolute atomic E-state index is 0.459. The summed E-state index contributed by atoms with van der Waals surface area (Å²) in [4.78, 5) is 2.41. The molecular formula is C10H16N4O. The Hall–Kier alpha value is -1.23. The lowest BCUT2D eigenvalue weighted by Gasteiger charge is -2.40. The molecule has 0 radical (unpaired) electrons. The number of nitrogens with zero attached hydrogens (tertiary/aromatic N) is 3. The molecule has 3 rings (SSSR count). The van der Waals surface area contributed by atoms with Gasteiger partial charge in [0.2, 0.25) is 0 Å². The van der Waals surface area contributed by atoms with Gasteiger partial charge in [0.05, 0.1) is 24.9 Å². The quantitative estimate of drug-likeness (QED) is 0.668. The van der Waals surface area contributed by atoms with Crippen molar-refractivity contribution in [3.8, 4) is 0 Å². The van der Waals surface area contributed by atoms with Gasteiger partial charge in [-0.05, 0) is 6.92 Å². The van der Waals surface area contributed by atoms with Gasteiger partial charge in [0.1, 0.15) is 5.69 Å². The van der Waals surface area contributed by atoms with Crippen LogP contribution in [0.2, 0.25) is 0 Å². The van der Waals surface area contributed by atoms with Crippen molar-refractivity contribution in [2.45, 2.75) is 13.0 Å². The molecule has 1 atom stereocenters. The molecule has 1 saturated heterocycles. The second-order valence-corrected chi connectivity index (χ2v) is 4.21.